The van der Waals surface area contributed by atoms with Crippen LogP contribution in [0.4, 0.5) is 5.82 Å². The van der Waals surface area contributed by atoms with Crippen LogP contribution in [0, 0.1) is 0 Å². The average molecular weight is 300 g/mol. The Morgan fingerprint density at radius 1 is 1.14 bits per heavy atom. The molecule has 7 nitrogen and oxygen atoms in total. The molecule has 7 heteroatoms. The molecule has 3 rings (SSSR count). The molecule has 2 N–H and O–H groups in total. The summed E-state index contributed by atoms with van der Waals surface area (Å²) in [5.74, 6) is 1.80. The van der Waals surface area contributed by atoms with Crippen molar-refractivity contribution in [2.45, 2.75) is 0 Å². The zero-order chi connectivity index (χ0) is 15.2. The van der Waals surface area contributed by atoms with Crippen LogP contribution in [-0.2, 0) is 0 Å². The van der Waals surface area contributed by atoms with E-state index in [1.165, 1.54) is 0 Å². The van der Waals surface area contributed by atoms with Crippen LogP contribution in [0.5, 0.6) is 11.5 Å². The molecule has 2 aromatic rings. The molecule has 22 heavy (non-hydrogen) atoms. The highest BCUT2D eigenvalue weighted by Gasteiger charge is 2.14. The van der Waals surface area contributed by atoms with Crippen LogP contribution in [-0.4, -0.2) is 42.2 Å². The monoisotopic (exact) mass is 300 g/mol. The normalized spacial score (nSPS) is 12.5. The number of benzene rings is 1. The van der Waals surface area contributed by atoms with Crippen molar-refractivity contribution < 1.29 is 14.3 Å². The lowest BCUT2D eigenvalue weighted by molar-refractivity contribution is 0.0954. The summed E-state index contributed by atoms with van der Waals surface area (Å²) in [6.45, 7) is 2.07. The molecule has 114 valence electrons. The van der Waals surface area contributed by atoms with Crippen molar-refractivity contribution in [3.05, 3.63) is 42.4 Å². The molecule has 0 fully saturated rings. The minimum absolute atomic E-state index is 0.155. The fraction of sp³-hybridized carbons (Fsp3) is 0.267. The van der Waals surface area contributed by atoms with E-state index in [0.717, 1.165) is 0 Å². The van der Waals surface area contributed by atoms with Gasteiger partial charge in [0.1, 0.15) is 19.0 Å². The smallest absolute Gasteiger partial charge is 0.251 e. The van der Waals surface area contributed by atoms with E-state index < -0.39 is 0 Å². The third-order valence-electron chi connectivity index (χ3n) is 3.08. The zero-order valence-electron chi connectivity index (χ0n) is 11.9. The SMILES string of the molecule is O=C(NCCNc1cnccn1)c1ccc2c(c1)OCCO2. The number of ether oxygens (including phenoxy) is 2. The lowest BCUT2D eigenvalue weighted by Crippen LogP contribution is -2.29. The van der Waals surface area contributed by atoms with Gasteiger partial charge in [-0.15, -0.1) is 0 Å². The van der Waals surface area contributed by atoms with Crippen molar-refractivity contribution >= 4 is 11.7 Å². The molecule has 0 aliphatic carbocycles. The van der Waals surface area contributed by atoms with Crippen molar-refractivity contribution in [1.29, 1.82) is 0 Å². The highest BCUT2D eigenvalue weighted by Crippen LogP contribution is 2.30. The van der Waals surface area contributed by atoms with Gasteiger partial charge < -0.3 is 20.1 Å². The molecule has 0 radical (unpaired) electrons. The zero-order valence-corrected chi connectivity index (χ0v) is 11.9. The first kappa shape index (κ1) is 14.1. The van der Waals surface area contributed by atoms with Gasteiger partial charge in [-0.1, -0.05) is 0 Å². The van der Waals surface area contributed by atoms with Gasteiger partial charge in [0.05, 0.1) is 6.20 Å². The third-order valence-corrected chi connectivity index (χ3v) is 3.08. The minimum Gasteiger partial charge on any atom is -0.486 e. The Morgan fingerprint density at radius 2 is 2.00 bits per heavy atom. The number of carbonyl (C=O) groups excluding carboxylic acids is 1. The molecule has 0 saturated heterocycles. The molecule has 1 aliphatic rings. The summed E-state index contributed by atoms with van der Waals surface area (Å²) in [6.07, 6.45) is 4.84. The van der Waals surface area contributed by atoms with E-state index in [2.05, 4.69) is 20.6 Å². The van der Waals surface area contributed by atoms with Gasteiger partial charge in [0.2, 0.25) is 0 Å². The van der Waals surface area contributed by atoms with Crippen molar-refractivity contribution in [3.63, 3.8) is 0 Å². The van der Waals surface area contributed by atoms with Gasteiger partial charge in [-0.3, -0.25) is 9.78 Å². The maximum Gasteiger partial charge on any atom is 0.251 e. The van der Waals surface area contributed by atoms with E-state index in [9.17, 15) is 4.79 Å². The molecule has 1 amide bonds. The average Bonchev–Trinajstić information content (AvgIpc) is 2.59. The Bertz CT molecular complexity index is 648. The predicted octanol–water partition coefficient (Wildman–Crippen LogP) is 1.09. The summed E-state index contributed by atoms with van der Waals surface area (Å²) < 4.78 is 10.9. The van der Waals surface area contributed by atoms with Crippen LogP contribution in [0.2, 0.25) is 0 Å². The molecule has 2 heterocycles. The molecule has 1 aromatic carbocycles. The van der Waals surface area contributed by atoms with Crippen molar-refractivity contribution in [3.8, 4) is 11.5 Å². The second kappa shape index (κ2) is 6.75. The molecule has 0 bridgehead atoms. The number of rotatable bonds is 5. The summed E-state index contributed by atoms with van der Waals surface area (Å²) in [5, 5.41) is 5.90. The van der Waals surface area contributed by atoms with Crippen LogP contribution in [0.15, 0.2) is 36.8 Å². The van der Waals surface area contributed by atoms with E-state index in [1.54, 1.807) is 36.8 Å². The summed E-state index contributed by atoms with van der Waals surface area (Å²) >= 11 is 0. The number of carbonyl (C=O) groups is 1. The van der Waals surface area contributed by atoms with E-state index in [0.29, 0.717) is 49.2 Å². The van der Waals surface area contributed by atoms with E-state index in [1.807, 2.05) is 0 Å². The molecule has 1 aromatic heterocycles. The maximum absolute atomic E-state index is 12.1. The highest BCUT2D eigenvalue weighted by atomic mass is 16.6. The first-order valence-corrected chi connectivity index (χ1v) is 7.01. The van der Waals surface area contributed by atoms with Gasteiger partial charge in [0.25, 0.3) is 5.91 Å². The fourth-order valence-electron chi connectivity index (χ4n) is 2.04. The minimum atomic E-state index is -0.155. The van der Waals surface area contributed by atoms with E-state index in [4.69, 9.17) is 9.47 Å². The Labute approximate surface area is 127 Å². The Kier molecular flexibility index (Phi) is 4.33. The number of aromatic nitrogens is 2. The molecule has 0 spiro atoms. The maximum atomic E-state index is 12.1. The molecule has 0 unspecified atom stereocenters. The summed E-state index contributed by atoms with van der Waals surface area (Å²) in [7, 11) is 0. The van der Waals surface area contributed by atoms with Gasteiger partial charge >= 0.3 is 0 Å². The Hall–Kier alpha value is -2.83. The van der Waals surface area contributed by atoms with Gasteiger partial charge in [-0.25, -0.2) is 4.98 Å². The second-order valence-corrected chi connectivity index (χ2v) is 4.63. The number of fused-ring (bicyclic) bond motifs is 1. The molecular formula is C15H16N4O3. The summed E-state index contributed by atoms with van der Waals surface area (Å²) in [6, 6.07) is 5.17. The van der Waals surface area contributed by atoms with Gasteiger partial charge in [0.15, 0.2) is 11.5 Å². The number of amides is 1. The van der Waals surface area contributed by atoms with Crippen LogP contribution in [0.1, 0.15) is 10.4 Å². The summed E-state index contributed by atoms with van der Waals surface area (Å²) in [4.78, 5) is 20.1. The lowest BCUT2D eigenvalue weighted by Gasteiger charge is -2.18. The first-order valence-electron chi connectivity index (χ1n) is 7.01. The number of hydrogen-bond acceptors (Lipinski definition) is 6. The number of anilines is 1. The van der Waals surface area contributed by atoms with E-state index >= 15 is 0 Å². The highest BCUT2D eigenvalue weighted by molar-refractivity contribution is 5.94. The topological polar surface area (TPSA) is 85.4 Å². The van der Waals surface area contributed by atoms with Crippen molar-refractivity contribution in [2.75, 3.05) is 31.6 Å². The van der Waals surface area contributed by atoms with Gasteiger partial charge in [0, 0.05) is 31.0 Å². The van der Waals surface area contributed by atoms with Crippen LogP contribution >= 0.6 is 0 Å². The third kappa shape index (κ3) is 3.43. The number of nitrogens with one attached hydrogen (secondary N) is 2. The lowest BCUT2D eigenvalue weighted by atomic mass is 10.2. The molecule has 0 atom stereocenters. The molecule has 1 aliphatic heterocycles. The quantitative estimate of drug-likeness (QED) is 0.804. The second-order valence-electron chi connectivity index (χ2n) is 4.63. The van der Waals surface area contributed by atoms with Crippen molar-refractivity contribution in [2.24, 2.45) is 0 Å². The fourth-order valence-corrected chi connectivity index (χ4v) is 2.04. The van der Waals surface area contributed by atoms with Gasteiger partial charge in [-0.2, -0.15) is 0 Å². The van der Waals surface area contributed by atoms with Crippen molar-refractivity contribution in [1.82, 2.24) is 15.3 Å². The van der Waals surface area contributed by atoms with Crippen LogP contribution in [0.3, 0.4) is 0 Å². The summed E-state index contributed by atoms with van der Waals surface area (Å²) in [5.41, 5.74) is 0.545. The van der Waals surface area contributed by atoms with E-state index in [-0.39, 0.29) is 5.91 Å². The van der Waals surface area contributed by atoms with Gasteiger partial charge in [-0.05, 0) is 18.2 Å². The van der Waals surface area contributed by atoms with Crippen LogP contribution in [0.25, 0.3) is 0 Å². The first-order chi connectivity index (χ1) is 10.8. The number of hydrogen-bond donors (Lipinski definition) is 2. The molecule has 0 saturated carbocycles. The standard InChI is InChI=1S/C15H16N4O3/c20-15(19-6-5-18-14-10-16-3-4-17-14)11-1-2-12-13(9-11)22-8-7-21-12/h1-4,9-10H,5-8H2,(H,17,18)(H,19,20). The van der Waals surface area contributed by atoms with Crippen LogP contribution < -0.4 is 20.1 Å². The number of nitrogens with zero attached hydrogens (tertiary/aromatic N) is 2. The largest absolute Gasteiger partial charge is 0.486 e. The molecular weight excluding hydrogens is 284 g/mol. The predicted molar refractivity (Wildman–Crippen MR) is 80.3 cm³/mol. The Balaban J connectivity index is 1.49. The Morgan fingerprint density at radius 3 is 2.82 bits per heavy atom.